The smallest absolute Gasteiger partial charge is 0.303 e. The molecule has 0 aromatic heterocycles. The van der Waals surface area contributed by atoms with Crippen LogP contribution in [-0.4, -0.2) is 22.7 Å². The summed E-state index contributed by atoms with van der Waals surface area (Å²) >= 11 is 5.89. The standard InChI is InChI=1S/C11H13ClO4/c1-7(15-8(2)13)11(12)16-10-5-3-9(14)4-6-10/h3-7,11,14H,1-2H3. The molecule has 1 aromatic rings. The highest BCUT2D eigenvalue weighted by atomic mass is 35.5. The van der Waals surface area contributed by atoms with Crippen LogP contribution in [0.3, 0.4) is 0 Å². The van der Waals surface area contributed by atoms with Crippen LogP contribution < -0.4 is 4.74 Å². The van der Waals surface area contributed by atoms with Crippen LogP contribution in [0.15, 0.2) is 24.3 Å². The van der Waals surface area contributed by atoms with Crippen molar-refractivity contribution in [3.63, 3.8) is 0 Å². The van der Waals surface area contributed by atoms with E-state index in [0.29, 0.717) is 5.75 Å². The van der Waals surface area contributed by atoms with Gasteiger partial charge in [-0.05, 0) is 31.2 Å². The molecule has 2 atom stereocenters. The number of ether oxygens (including phenoxy) is 2. The number of phenolic OH excluding ortho intramolecular Hbond substituents is 1. The molecule has 1 aromatic carbocycles. The van der Waals surface area contributed by atoms with E-state index in [2.05, 4.69) is 0 Å². The van der Waals surface area contributed by atoms with Gasteiger partial charge in [0.05, 0.1) is 0 Å². The first kappa shape index (κ1) is 12.6. The maximum absolute atomic E-state index is 10.7. The Balaban J connectivity index is 2.53. The van der Waals surface area contributed by atoms with E-state index >= 15 is 0 Å². The van der Waals surface area contributed by atoms with Gasteiger partial charge in [-0.1, -0.05) is 11.6 Å². The third-order valence-electron chi connectivity index (χ3n) is 1.81. The Kier molecular flexibility index (Phi) is 4.43. The SMILES string of the molecule is CC(=O)OC(C)C(Cl)Oc1ccc(O)cc1. The third kappa shape index (κ3) is 3.98. The second-order valence-electron chi connectivity index (χ2n) is 3.28. The average Bonchev–Trinajstić information content (AvgIpc) is 2.20. The second-order valence-corrected chi connectivity index (χ2v) is 3.71. The number of aromatic hydroxyl groups is 1. The lowest BCUT2D eigenvalue weighted by Gasteiger charge is -2.19. The minimum atomic E-state index is -0.770. The Morgan fingerprint density at radius 3 is 2.44 bits per heavy atom. The van der Waals surface area contributed by atoms with Gasteiger partial charge in [0.2, 0.25) is 5.56 Å². The van der Waals surface area contributed by atoms with Crippen LogP contribution in [0, 0.1) is 0 Å². The average molecular weight is 245 g/mol. The fourth-order valence-electron chi connectivity index (χ4n) is 1.07. The summed E-state index contributed by atoms with van der Waals surface area (Å²) in [6.07, 6.45) is -0.548. The van der Waals surface area contributed by atoms with Gasteiger partial charge in [-0.3, -0.25) is 4.79 Å². The molecule has 0 aliphatic rings. The molecule has 0 heterocycles. The van der Waals surface area contributed by atoms with Gasteiger partial charge in [0, 0.05) is 6.92 Å². The quantitative estimate of drug-likeness (QED) is 0.652. The number of hydrogen-bond acceptors (Lipinski definition) is 4. The van der Waals surface area contributed by atoms with Gasteiger partial charge in [-0.2, -0.15) is 0 Å². The van der Waals surface area contributed by atoms with Crippen molar-refractivity contribution in [3.8, 4) is 11.5 Å². The number of benzene rings is 1. The fourth-order valence-corrected chi connectivity index (χ4v) is 1.22. The second kappa shape index (κ2) is 5.61. The first-order chi connectivity index (χ1) is 7.49. The third-order valence-corrected chi connectivity index (χ3v) is 2.25. The molecule has 0 amide bonds. The van der Waals surface area contributed by atoms with Crippen LogP contribution >= 0.6 is 11.6 Å². The van der Waals surface area contributed by atoms with Gasteiger partial charge < -0.3 is 14.6 Å². The van der Waals surface area contributed by atoms with E-state index in [1.807, 2.05) is 0 Å². The topological polar surface area (TPSA) is 55.8 Å². The lowest BCUT2D eigenvalue weighted by molar-refractivity contribution is -0.147. The lowest BCUT2D eigenvalue weighted by Crippen LogP contribution is -2.28. The van der Waals surface area contributed by atoms with E-state index < -0.39 is 17.6 Å². The predicted octanol–water partition coefficient (Wildman–Crippen LogP) is 2.29. The van der Waals surface area contributed by atoms with E-state index in [1.165, 1.54) is 19.1 Å². The molecular weight excluding hydrogens is 232 g/mol. The van der Waals surface area contributed by atoms with Gasteiger partial charge in [0.25, 0.3) is 0 Å². The minimum absolute atomic E-state index is 0.145. The summed E-state index contributed by atoms with van der Waals surface area (Å²) in [4.78, 5) is 10.7. The molecule has 0 spiro atoms. The summed E-state index contributed by atoms with van der Waals surface area (Å²) < 4.78 is 10.2. The highest BCUT2D eigenvalue weighted by Gasteiger charge is 2.18. The Morgan fingerprint density at radius 1 is 1.38 bits per heavy atom. The van der Waals surface area contributed by atoms with Crippen LogP contribution in [0.1, 0.15) is 13.8 Å². The van der Waals surface area contributed by atoms with Crippen molar-refractivity contribution < 1.29 is 19.4 Å². The number of carbonyl (C=O) groups excluding carboxylic acids is 1. The van der Waals surface area contributed by atoms with Crippen molar-refractivity contribution >= 4 is 17.6 Å². The van der Waals surface area contributed by atoms with Crippen LogP contribution in [-0.2, 0) is 9.53 Å². The molecule has 0 radical (unpaired) electrons. The normalized spacial score (nSPS) is 13.9. The number of halogens is 1. The van der Waals surface area contributed by atoms with Crippen LogP contribution in [0.4, 0.5) is 0 Å². The van der Waals surface area contributed by atoms with E-state index in [0.717, 1.165) is 0 Å². The molecule has 0 bridgehead atoms. The molecule has 0 aliphatic carbocycles. The highest BCUT2D eigenvalue weighted by Crippen LogP contribution is 2.20. The summed E-state index contributed by atoms with van der Waals surface area (Å²) in [5.74, 6) is 0.232. The first-order valence-electron chi connectivity index (χ1n) is 4.76. The van der Waals surface area contributed by atoms with Crippen molar-refractivity contribution in [2.45, 2.75) is 25.5 Å². The number of carbonyl (C=O) groups is 1. The van der Waals surface area contributed by atoms with Crippen LogP contribution in [0.2, 0.25) is 0 Å². The van der Waals surface area contributed by atoms with Crippen molar-refractivity contribution in [2.24, 2.45) is 0 Å². The monoisotopic (exact) mass is 244 g/mol. The van der Waals surface area contributed by atoms with Gasteiger partial charge in [0.1, 0.15) is 17.6 Å². The van der Waals surface area contributed by atoms with Crippen molar-refractivity contribution in [3.05, 3.63) is 24.3 Å². The molecule has 0 fully saturated rings. The number of hydrogen-bond donors (Lipinski definition) is 1. The maximum atomic E-state index is 10.7. The molecule has 2 unspecified atom stereocenters. The molecule has 1 N–H and O–H groups in total. The van der Waals surface area contributed by atoms with E-state index in [4.69, 9.17) is 26.2 Å². The number of alkyl halides is 1. The maximum Gasteiger partial charge on any atom is 0.303 e. The largest absolute Gasteiger partial charge is 0.508 e. The van der Waals surface area contributed by atoms with Crippen LogP contribution in [0.5, 0.6) is 11.5 Å². The molecule has 88 valence electrons. The summed E-state index contributed by atoms with van der Waals surface area (Å²) in [5.41, 5.74) is -0.770. The van der Waals surface area contributed by atoms with Crippen molar-refractivity contribution in [2.75, 3.05) is 0 Å². The molecule has 4 nitrogen and oxygen atoms in total. The molecule has 1 rings (SSSR count). The van der Waals surface area contributed by atoms with E-state index in [9.17, 15) is 4.79 Å². The molecule has 5 heteroatoms. The molecular formula is C11H13ClO4. The zero-order chi connectivity index (χ0) is 12.1. The number of rotatable bonds is 4. The first-order valence-corrected chi connectivity index (χ1v) is 5.19. The summed E-state index contributed by atoms with van der Waals surface area (Å²) in [7, 11) is 0. The molecule has 0 saturated carbocycles. The summed E-state index contributed by atoms with van der Waals surface area (Å²) in [6, 6.07) is 6.11. The van der Waals surface area contributed by atoms with Gasteiger partial charge in [-0.15, -0.1) is 0 Å². The minimum Gasteiger partial charge on any atom is -0.508 e. The summed E-state index contributed by atoms with van der Waals surface area (Å²) in [6.45, 7) is 2.94. The zero-order valence-corrected chi connectivity index (χ0v) is 9.77. The van der Waals surface area contributed by atoms with Gasteiger partial charge in [0.15, 0.2) is 0 Å². The Bertz CT molecular complexity index is 350. The van der Waals surface area contributed by atoms with Crippen LogP contribution in [0.25, 0.3) is 0 Å². The number of esters is 1. The Hall–Kier alpha value is -1.42. The fraction of sp³-hybridized carbons (Fsp3) is 0.364. The van der Waals surface area contributed by atoms with Gasteiger partial charge >= 0.3 is 5.97 Å². The van der Waals surface area contributed by atoms with Crippen molar-refractivity contribution in [1.82, 2.24) is 0 Å². The Labute approximate surface area is 98.7 Å². The molecule has 16 heavy (non-hydrogen) atoms. The molecule has 0 aliphatic heterocycles. The summed E-state index contributed by atoms with van der Waals surface area (Å²) in [5, 5.41) is 9.06. The van der Waals surface area contributed by atoms with E-state index in [-0.39, 0.29) is 5.75 Å². The lowest BCUT2D eigenvalue weighted by atomic mass is 10.3. The highest BCUT2D eigenvalue weighted by molar-refractivity contribution is 6.20. The molecule has 0 saturated heterocycles. The number of phenols is 1. The Morgan fingerprint density at radius 2 is 1.94 bits per heavy atom. The van der Waals surface area contributed by atoms with Crippen molar-refractivity contribution in [1.29, 1.82) is 0 Å². The van der Waals surface area contributed by atoms with Gasteiger partial charge in [-0.25, -0.2) is 0 Å². The van der Waals surface area contributed by atoms with E-state index in [1.54, 1.807) is 19.1 Å². The predicted molar refractivity (Wildman–Crippen MR) is 59.6 cm³/mol. The zero-order valence-electron chi connectivity index (χ0n) is 9.01.